The van der Waals surface area contributed by atoms with Gasteiger partial charge in [0, 0.05) is 49.4 Å². The van der Waals surface area contributed by atoms with Crippen LogP contribution in [0.4, 0.5) is 5.69 Å². The minimum Gasteiger partial charge on any atom is -0.480 e. The molecule has 18 nitrogen and oxygen atoms in total. The molecule has 2 saturated heterocycles. The predicted molar refractivity (Wildman–Crippen MR) is 237 cm³/mol. The standard InChI is InChI=1S/C47H63N9O9/c1-47(2,3)39(45(63)56-25-28-15-11-16-29(28)38(56)46(64)65)54-43(61)37(27-13-7-6-8-14-27)53-41(59)34-24-50-33(23-51-34)40(58)49-22-10-5-4-9-21-48-32-18-12-17-30-31(32)26-55(44(30)62)35-19-20-36(57)52-42(35)60/h12,17-18,23-24,27-29,35,37-39,48H,4-11,13-16,19-22,25-26H2,1-3H3,(H,49,58)(H,53,59)(H,54,61)(H,64,65)(H,52,57,60)/t28-,29-,35?,37-,38-,39+/m0/s1. The van der Waals surface area contributed by atoms with Crippen LogP contribution in [-0.4, -0.2) is 116 Å². The van der Waals surface area contributed by atoms with Crippen molar-refractivity contribution in [1.29, 1.82) is 0 Å². The van der Waals surface area contributed by atoms with Crippen LogP contribution in [0.15, 0.2) is 30.6 Å². The van der Waals surface area contributed by atoms with E-state index in [1.807, 2.05) is 32.9 Å². The van der Waals surface area contributed by atoms with Gasteiger partial charge in [0.05, 0.1) is 12.4 Å². The zero-order valence-electron chi connectivity index (χ0n) is 37.7. The number of nitrogens with one attached hydrogen (secondary N) is 5. The Morgan fingerprint density at radius 2 is 1.55 bits per heavy atom. The van der Waals surface area contributed by atoms with Gasteiger partial charge in [-0.2, -0.15) is 0 Å². The molecule has 4 fully saturated rings. The Kier molecular flexibility index (Phi) is 14.8. The summed E-state index contributed by atoms with van der Waals surface area (Å²) in [6.07, 6.45) is 13.0. The Labute approximate surface area is 379 Å². The van der Waals surface area contributed by atoms with E-state index >= 15 is 0 Å². The summed E-state index contributed by atoms with van der Waals surface area (Å²) in [4.78, 5) is 116. The van der Waals surface area contributed by atoms with Gasteiger partial charge in [-0.3, -0.25) is 38.9 Å². The van der Waals surface area contributed by atoms with Crippen LogP contribution in [0.2, 0.25) is 0 Å². The van der Waals surface area contributed by atoms with Crippen LogP contribution in [0.3, 0.4) is 0 Å². The monoisotopic (exact) mass is 897 g/mol. The Morgan fingerprint density at radius 1 is 0.846 bits per heavy atom. The summed E-state index contributed by atoms with van der Waals surface area (Å²) in [5.41, 5.74) is 1.45. The van der Waals surface area contributed by atoms with Crippen molar-refractivity contribution in [2.45, 2.75) is 141 Å². The van der Waals surface area contributed by atoms with E-state index in [-0.39, 0.29) is 47.4 Å². The van der Waals surface area contributed by atoms with Gasteiger partial charge >= 0.3 is 5.97 Å². The minimum atomic E-state index is -1.03. The summed E-state index contributed by atoms with van der Waals surface area (Å²) in [5.74, 6) is -4.19. The number of anilines is 1. The molecule has 6 atom stereocenters. The maximum Gasteiger partial charge on any atom is 0.326 e. The van der Waals surface area contributed by atoms with Crippen molar-refractivity contribution in [1.82, 2.24) is 41.0 Å². The van der Waals surface area contributed by atoms with Crippen LogP contribution in [0.25, 0.3) is 0 Å². The number of fused-ring (bicyclic) bond motifs is 2. The predicted octanol–water partition coefficient (Wildman–Crippen LogP) is 3.56. The van der Waals surface area contributed by atoms with Gasteiger partial charge in [0.1, 0.15) is 35.6 Å². The van der Waals surface area contributed by atoms with Gasteiger partial charge in [-0.1, -0.05) is 65.4 Å². The largest absolute Gasteiger partial charge is 0.480 e. The number of carboxylic acids is 1. The molecule has 4 heterocycles. The molecule has 18 heteroatoms. The Morgan fingerprint density at radius 3 is 2.23 bits per heavy atom. The molecule has 2 aromatic rings. The van der Waals surface area contributed by atoms with Crippen LogP contribution in [0.1, 0.15) is 148 Å². The van der Waals surface area contributed by atoms with Gasteiger partial charge in [0.2, 0.25) is 23.6 Å². The first-order valence-electron chi connectivity index (χ1n) is 23.4. The summed E-state index contributed by atoms with van der Waals surface area (Å²) < 4.78 is 0. The van der Waals surface area contributed by atoms with Crippen LogP contribution in [0, 0.1) is 23.2 Å². The molecule has 6 N–H and O–H groups in total. The summed E-state index contributed by atoms with van der Waals surface area (Å²) in [6, 6.07) is 1.88. The molecular formula is C47H63N9O9. The summed E-state index contributed by atoms with van der Waals surface area (Å²) in [7, 11) is 0. The van der Waals surface area contributed by atoms with Crippen LogP contribution in [-0.2, 0) is 30.5 Å². The maximum absolute atomic E-state index is 14.2. The van der Waals surface area contributed by atoms with E-state index in [4.69, 9.17) is 0 Å². The number of nitrogens with zero attached hydrogens (tertiary/aromatic N) is 4. The second kappa shape index (κ2) is 20.5. The third-order valence-electron chi connectivity index (χ3n) is 13.9. The Bertz CT molecular complexity index is 2150. The van der Waals surface area contributed by atoms with Gasteiger partial charge < -0.3 is 36.2 Å². The molecule has 0 spiro atoms. The van der Waals surface area contributed by atoms with Gasteiger partial charge in [-0.05, 0) is 80.2 Å². The van der Waals surface area contributed by atoms with E-state index in [1.165, 1.54) is 22.2 Å². The lowest BCUT2D eigenvalue weighted by Gasteiger charge is -2.37. The highest BCUT2D eigenvalue weighted by Gasteiger charge is 2.52. The first-order chi connectivity index (χ1) is 31.1. The quantitative estimate of drug-likeness (QED) is 0.0986. The number of benzene rings is 1. The lowest BCUT2D eigenvalue weighted by atomic mass is 9.82. The molecule has 7 rings (SSSR count). The maximum atomic E-state index is 14.2. The van der Waals surface area contributed by atoms with Gasteiger partial charge in [0.15, 0.2) is 0 Å². The molecule has 2 saturated carbocycles. The number of carbonyl (C=O) groups excluding carboxylic acids is 7. The topological polar surface area (TPSA) is 249 Å². The molecule has 7 amide bonds. The number of rotatable bonds is 17. The molecule has 2 aliphatic carbocycles. The number of amides is 7. The second-order valence-corrected chi connectivity index (χ2v) is 19.4. The average Bonchev–Trinajstić information content (AvgIpc) is 3.99. The van der Waals surface area contributed by atoms with E-state index in [1.54, 1.807) is 6.07 Å². The molecule has 1 unspecified atom stereocenters. The smallest absolute Gasteiger partial charge is 0.326 e. The first kappa shape index (κ1) is 47.0. The third-order valence-corrected chi connectivity index (χ3v) is 13.9. The highest BCUT2D eigenvalue weighted by atomic mass is 16.4. The van der Waals surface area contributed by atoms with Crippen molar-refractivity contribution >= 4 is 53.0 Å². The molecule has 350 valence electrons. The van der Waals surface area contributed by atoms with E-state index in [2.05, 4.69) is 36.6 Å². The van der Waals surface area contributed by atoms with Crippen molar-refractivity contribution < 1.29 is 43.5 Å². The van der Waals surface area contributed by atoms with Crippen molar-refractivity contribution in [2.24, 2.45) is 23.2 Å². The van der Waals surface area contributed by atoms with E-state index in [9.17, 15) is 43.5 Å². The first-order valence-corrected chi connectivity index (χ1v) is 23.4. The average molecular weight is 898 g/mol. The van der Waals surface area contributed by atoms with Gasteiger partial charge in [-0.15, -0.1) is 0 Å². The van der Waals surface area contributed by atoms with Gasteiger partial charge in [0.25, 0.3) is 17.7 Å². The lowest BCUT2D eigenvalue weighted by molar-refractivity contribution is -0.152. The second-order valence-electron chi connectivity index (χ2n) is 19.4. The number of aliphatic carboxylic acids is 1. The van der Waals surface area contributed by atoms with Crippen molar-refractivity contribution in [3.05, 3.63) is 53.1 Å². The fraction of sp³-hybridized carbons (Fsp3) is 0.617. The fourth-order valence-electron chi connectivity index (χ4n) is 10.4. The minimum absolute atomic E-state index is 0.0367. The molecule has 0 bridgehead atoms. The summed E-state index contributed by atoms with van der Waals surface area (Å²) in [5, 5.41) is 24.6. The summed E-state index contributed by atoms with van der Waals surface area (Å²) in [6.45, 7) is 7.21. The number of hydrogen-bond acceptors (Lipinski definition) is 11. The number of piperidine rings is 1. The number of carbonyl (C=O) groups is 8. The van der Waals surface area contributed by atoms with Crippen molar-refractivity contribution in [3.8, 4) is 0 Å². The Balaban J connectivity index is 0.862. The van der Waals surface area contributed by atoms with Gasteiger partial charge in [-0.25, -0.2) is 14.8 Å². The third kappa shape index (κ3) is 10.8. The number of aromatic nitrogens is 2. The van der Waals surface area contributed by atoms with Crippen LogP contribution >= 0.6 is 0 Å². The molecule has 1 aromatic carbocycles. The number of hydrogen-bond donors (Lipinski definition) is 6. The zero-order valence-corrected chi connectivity index (χ0v) is 37.7. The lowest BCUT2D eigenvalue weighted by Crippen LogP contribution is -2.61. The van der Waals surface area contributed by atoms with E-state index in [0.717, 1.165) is 75.5 Å². The zero-order chi connectivity index (χ0) is 46.4. The molecule has 0 radical (unpaired) electrons. The molecule has 65 heavy (non-hydrogen) atoms. The van der Waals surface area contributed by atoms with E-state index < -0.39 is 65.1 Å². The molecular weight excluding hydrogens is 835 g/mol. The summed E-state index contributed by atoms with van der Waals surface area (Å²) >= 11 is 0. The number of imide groups is 1. The van der Waals surface area contributed by atoms with Crippen LogP contribution in [0.5, 0.6) is 0 Å². The Hall–Kier alpha value is -5.94. The number of likely N-dealkylation sites (tertiary alicyclic amines) is 1. The van der Waals surface area contributed by atoms with Crippen molar-refractivity contribution in [2.75, 3.05) is 25.0 Å². The number of unbranched alkanes of at least 4 members (excludes halogenated alkanes) is 3. The van der Waals surface area contributed by atoms with Crippen LogP contribution < -0.4 is 26.6 Å². The molecule has 5 aliphatic rings. The number of carboxylic acid groups (broad SMARTS) is 1. The normalized spacial score (nSPS) is 23.0. The van der Waals surface area contributed by atoms with Crippen molar-refractivity contribution in [3.63, 3.8) is 0 Å². The fourth-order valence-corrected chi connectivity index (χ4v) is 10.4. The molecule has 3 aliphatic heterocycles. The highest BCUT2D eigenvalue weighted by Crippen LogP contribution is 2.43. The SMILES string of the molecule is CC(C)(C)[C@H](NC(=O)[C@@H](NC(=O)c1cnc(C(=O)NCCCCCCNc2cccc3c2CN(C2CCC(=O)NC2=O)C3=O)cn1)C1CCCCC1)C(=O)N1C[C@@H]2CCC[C@@H]2[C@H]1C(=O)O. The highest BCUT2D eigenvalue weighted by molar-refractivity contribution is 6.06. The van der Waals surface area contributed by atoms with E-state index in [0.29, 0.717) is 51.0 Å². The molecule has 1 aromatic heterocycles.